The smallest absolute Gasteiger partial charge is 0.235 e. The van der Waals surface area contributed by atoms with Crippen molar-refractivity contribution in [3.63, 3.8) is 0 Å². The second-order valence-corrected chi connectivity index (χ2v) is 7.18. The van der Waals surface area contributed by atoms with Crippen molar-refractivity contribution in [2.45, 2.75) is 38.0 Å². The molecule has 1 fully saturated rings. The molecule has 1 saturated heterocycles. The van der Waals surface area contributed by atoms with Crippen LogP contribution in [0.3, 0.4) is 0 Å². The number of rotatable bonds is 4. The highest BCUT2D eigenvalue weighted by Gasteiger charge is 2.33. The second-order valence-electron chi connectivity index (χ2n) is 6.78. The summed E-state index contributed by atoms with van der Waals surface area (Å²) in [7, 11) is 0. The highest BCUT2D eigenvalue weighted by molar-refractivity contribution is 6.30. The van der Waals surface area contributed by atoms with E-state index in [1.165, 1.54) is 6.07 Å². The summed E-state index contributed by atoms with van der Waals surface area (Å²) in [4.78, 5) is 12.7. The highest BCUT2D eigenvalue weighted by atomic mass is 35.5. The lowest BCUT2D eigenvalue weighted by atomic mass is 9.83. The van der Waals surface area contributed by atoms with Crippen molar-refractivity contribution < 1.29 is 13.9 Å². The van der Waals surface area contributed by atoms with E-state index in [0.29, 0.717) is 11.7 Å². The van der Waals surface area contributed by atoms with Crippen molar-refractivity contribution in [2.24, 2.45) is 0 Å². The van der Waals surface area contributed by atoms with Crippen LogP contribution in [0.2, 0.25) is 5.02 Å². The Labute approximate surface area is 150 Å². The Hall–Kier alpha value is -1.92. The van der Waals surface area contributed by atoms with E-state index in [1.807, 2.05) is 6.07 Å². The number of hydrogen-bond acceptors (Lipinski definition) is 3. The first-order valence-corrected chi connectivity index (χ1v) is 8.66. The van der Waals surface area contributed by atoms with E-state index in [2.05, 4.69) is 15.5 Å². The summed E-state index contributed by atoms with van der Waals surface area (Å²) in [5.74, 6) is -0.139. The average Bonchev–Trinajstić information content (AvgIpc) is 3.06. The monoisotopic (exact) mass is 365 g/mol. The molecule has 1 aliphatic rings. The van der Waals surface area contributed by atoms with Crippen molar-refractivity contribution in [2.75, 3.05) is 18.5 Å². The molecule has 0 unspecified atom stereocenters. The number of nitrogens with zero attached hydrogens (tertiary/aromatic N) is 1. The number of carbonyl (C=O) groups excluding carboxylic acids is 1. The molecule has 0 bridgehead atoms. The van der Waals surface area contributed by atoms with E-state index >= 15 is 0 Å². The largest absolute Gasteiger partial charge is 0.381 e. The molecule has 5 nitrogen and oxygen atoms in total. The zero-order valence-electron chi connectivity index (χ0n) is 14.2. The molecule has 0 spiro atoms. The zero-order valence-corrected chi connectivity index (χ0v) is 15.0. The molecule has 1 aromatic carbocycles. The predicted octanol–water partition coefficient (Wildman–Crippen LogP) is 4.01. The molecule has 7 heteroatoms. The average molecular weight is 366 g/mol. The fourth-order valence-corrected chi connectivity index (χ4v) is 3.17. The van der Waals surface area contributed by atoms with Gasteiger partial charge in [-0.3, -0.25) is 9.89 Å². The summed E-state index contributed by atoms with van der Waals surface area (Å²) in [6, 6.07) is 6.49. The Balaban J connectivity index is 1.75. The summed E-state index contributed by atoms with van der Waals surface area (Å²) in [6.45, 7) is 4.77. The van der Waals surface area contributed by atoms with E-state index in [4.69, 9.17) is 16.3 Å². The van der Waals surface area contributed by atoms with Gasteiger partial charge in [-0.2, -0.15) is 5.10 Å². The first-order valence-electron chi connectivity index (χ1n) is 8.28. The van der Waals surface area contributed by atoms with Crippen LogP contribution in [0, 0.1) is 5.82 Å². The molecule has 1 aromatic heterocycles. The van der Waals surface area contributed by atoms with Crippen LogP contribution in [0.15, 0.2) is 24.3 Å². The van der Waals surface area contributed by atoms with Crippen LogP contribution < -0.4 is 5.32 Å². The summed E-state index contributed by atoms with van der Waals surface area (Å²) in [5.41, 5.74) is 0.135. The number of carbonyl (C=O) groups is 1. The van der Waals surface area contributed by atoms with Gasteiger partial charge in [0.1, 0.15) is 5.82 Å². The van der Waals surface area contributed by atoms with Gasteiger partial charge in [0.05, 0.1) is 10.4 Å². The quantitative estimate of drug-likeness (QED) is 0.860. The third-order valence-corrected chi connectivity index (χ3v) is 4.98. The number of benzene rings is 1. The van der Waals surface area contributed by atoms with Crippen molar-refractivity contribution in [3.05, 3.63) is 46.4 Å². The SMILES string of the molecule is CC(C)(C(=O)Nc1cc(C2CCOCC2)[nH]n1)c1cccc(Cl)c1F. The number of ether oxygens (including phenoxy) is 1. The number of hydrogen-bond donors (Lipinski definition) is 2. The molecular formula is C18H21ClFN3O2. The molecule has 0 saturated carbocycles. The molecule has 25 heavy (non-hydrogen) atoms. The van der Waals surface area contributed by atoms with Gasteiger partial charge in [0.25, 0.3) is 0 Å². The van der Waals surface area contributed by atoms with Gasteiger partial charge in [-0.1, -0.05) is 23.7 Å². The number of aromatic amines is 1. The summed E-state index contributed by atoms with van der Waals surface area (Å²) >= 11 is 5.84. The minimum absolute atomic E-state index is 0.0000480. The molecule has 0 aliphatic carbocycles. The molecule has 134 valence electrons. The fraction of sp³-hybridized carbons (Fsp3) is 0.444. The summed E-state index contributed by atoms with van der Waals surface area (Å²) < 4.78 is 19.7. The van der Waals surface area contributed by atoms with Crippen molar-refractivity contribution in [3.8, 4) is 0 Å². The maximum Gasteiger partial charge on any atom is 0.235 e. The summed E-state index contributed by atoms with van der Waals surface area (Å²) in [5, 5.41) is 9.90. The lowest BCUT2D eigenvalue weighted by Gasteiger charge is -2.24. The van der Waals surface area contributed by atoms with Gasteiger partial charge in [-0.15, -0.1) is 0 Å². The maximum absolute atomic E-state index is 14.3. The number of halogens is 2. The molecule has 3 rings (SSSR count). The Morgan fingerprint density at radius 3 is 2.84 bits per heavy atom. The van der Waals surface area contributed by atoms with Crippen molar-refractivity contribution in [1.29, 1.82) is 0 Å². The van der Waals surface area contributed by atoms with Crippen LogP contribution in [-0.4, -0.2) is 29.3 Å². The van der Waals surface area contributed by atoms with E-state index in [0.717, 1.165) is 31.7 Å². The molecule has 1 amide bonds. The van der Waals surface area contributed by atoms with Gasteiger partial charge in [0.15, 0.2) is 5.82 Å². The van der Waals surface area contributed by atoms with Gasteiger partial charge >= 0.3 is 0 Å². The highest BCUT2D eigenvalue weighted by Crippen LogP contribution is 2.31. The van der Waals surface area contributed by atoms with Crippen molar-refractivity contribution >= 4 is 23.3 Å². The van der Waals surface area contributed by atoms with Crippen LogP contribution in [0.1, 0.15) is 43.9 Å². The first kappa shape index (κ1) is 17.9. The lowest BCUT2D eigenvalue weighted by Crippen LogP contribution is -2.35. The number of amides is 1. The van der Waals surface area contributed by atoms with Crippen molar-refractivity contribution in [1.82, 2.24) is 10.2 Å². The minimum atomic E-state index is -1.09. The third kappa shape index (κ3) is 3.70. The van der Waals surface area contributed by atoms with Crippen LogP contribution in [-0.2, 0) is 14.9 Å². The van der Waals surface area contributed by atoms with Crippen LogP contribution >= 0.6 is 11.6 Å². The van der Waals surface area contributed by atoms with Gasteiger partial charge in [0, 0.05) is 36.5 Å². The standard InChI is InChI=1S/C18H21ClFN3O2/c1-18(2,12-4-3-5-13(19)16(12)20)17(24)21-15-10-14(22-23-15)11-6-8-25-9-7-11/h3-5,10-11H,6-9H2,1-2H3,(H2,21,22,23,24). The van der Waals surface area contributed by atoms with Crippen LogP contribution in [0.25, 0.3) is 0 Å². The zero-order chi connectivity index (χ0) is 18.0. The van der Waals surface area contributed by atoms with Crippen LogP contribution in [0.5, 0.6) is 0 Å². The van der Waals surface area contributed by atoms with Gasteiger partial charge in [0.2, 0.25) is 5.91 Å². The van der Waals surface area contributed by atoms with E-state index in [1.54, 1.807) is 26.0 Å². The maximum atomic E-state index is 14.3. The summed E-state index contributed by atoms with van der Waals surface area (Å²) in [6.07, 6.45) is 1.85. The number of anilines is 1. The van der Waals surface area contributed by atoms with E-state index < -0.39 is 11.2 Å². The van der Waals surface area contributed by atoms with Gasteiger partial charge in [-0.05, 0) is 32.8 Å². The number of H-pyrrole nitrogens is 1. The minimum Gasteiger partial charge on any atom is -0.381 e. The molecule has 2 aromatic rings. The molecule has 0 radical (unpaired) electrons. The number of aromatic nitrogens is 2. The molecule has 0 atom stereocenters. The Morgan fingerprint density at radius 2 is 2.12 bits per heavy atom. The van der Waals surface area contributed by atoms with E-state index in [-0.39, 0.29) is 16.5 Å². The second kappa shape index (κ2) is 7.14. The van der Waals surface area contributed by atoms with Gasteiger partial charge < -0.3 is 10.1 Å². The predicted molar refractivity (Wildman–Crippen MR) is 94.4 cm³/mol. The third-order valence-electron chi connectivity index (χ3n) is 4.69. The van der Waals surface area contributed by atoms with E-state index in [9.17, 15) is 9.18 Å². The Morgan fingerprint density at radius 1 is 1.40 bits per heavy atom. The lowest BCUT2D eigenvalue weighted by molar-refractivity contribution is -0.120. The molecule has 1 aliphatic heterocycles. The first-order chi connectivity index (χ1) is 11.9. The normalized spacial score (nSPS) is 16.0. The van der Waals surface area contributed by atoms with Gasteiger partial charge in [-0.25, -0.2) is 4.39 Å². The Kier molecular flexibility index (Phi) is 5.11. The molecule has 2 N–H and O–H groups in total. The Bertz CT molecular complexity index is 769. The topological polar surface area (TPSA) is 67.0 Å². The fourth-order valence-electron chi connectivity index (χ4n) is 3.00. The molecule has 2 heterocycles. The number of nitrogens with one attached hydrogen (secondary N) is 2. The van der Waals surface area contributed by atoms with Crippen LogP contribution in [0.4, 0.5) is 10.2 Å². The molecular weight excluding hydrogens is 345 g/mol.